The van der Waals surface area contributed by atoms with E-state index in [4.69, 9.17) is 0 Å². The molecule has 0 spiro atoms. The molecule has 2 rings (SSSR count). The molecule has 1 fully saturated rings. The maximum atomic E-state index is 12.0. The lowest BCUT2D eigenvalue weighted by molar-refractivity contribution is -0.128. The first-order chi connectivity index (χ1) is 11.3. The SMILES string of the molecule is C[C@@H](NC(=O)NCC(=O)N1CCCC1)c1ccc(C(C)(C)C)cc1. The molecular weight excluding hydrogens is 302 g/mol. The van der Waals surface area contributed by atoms with Crippen molar-refractivity contribution in [1.82, 2.24) is 15.5 Å². The van der Waals surface area contributed by atoms with Crippen LogP contribution in [0.5, 0.6) is 0 Å². The summed E-state index contributed by atoms with van der Waals surface area (Å²) < 4.78 is 0. The summed E-state index contributed by atoms with van der Waals surface area (Å²) >= 11 is 0. The average Bonchev–Trinajstić information content (AvgIpc) is 3.06. The van der Waals surface area contributed by atoms with Crippen LogP contribution in [0.1, 0.15) is 57.7 Å². The van der Waals surface area contributed by atoms with E-state index < -0.39 is 0 Å². The van der Waals surface area contributed by atoms with Crippen molar-refractivity contribution in [2.45, 2.75) is 52.0 Å². The normalized spacial score (nSPS) is 15.9. The minimum atomic E-state index is -0.310. The first-order valence-electron chi connectivity index (χ1n) is 8.70. The Morgan fingerprint density at radius 1 is 1.12 bits per heavy atom. The fourth-order valence-electron chi connectivity index (χ4n) is 2.84. The summed E-state index contributed by atoms with van der Waals surface area (Å²) in [5, 5.41) is 5.53. The largest absolute Gasteiger partial charge is 0.341 e. The first-order valence-corrected chi connectivity index (χ1v) is 8.70. The predicted molar refractivity (Wildman–Crippen MR) is 95.9 cm³/mol. The summed E-state index contributed by atoms with van der Waals surface area (Å²) in [7, 11) is 0. The van der Waals surface area contributed by atoms with Crippen molar-refractivity contribution in [2.75, 3.05) is 19.6 Å². The van der Waals surface area contributed by atoms with Gasteiger partial charge in [-0.15, -0.1) is 0 Å². The highest BCUT2D eigenvalue weighted by Gasteiger charge is 2.19. The third-order valence-corrected chi connectivity index (χ3v) is 4.48. The molecule has 1 atom stereocenters. The Morgan fingerprint density at radius 2 is 1.71 bits per heavy atom. The summed E-state index contributed by atoms with van der Waals surface area (Å²) in [6.45, 7) is 10.1. The molecule has 0 radical (unpaired) electrons. The Bertz CT molecular complexity index is 569. The Labute approximate surface area is 144 Å². The third kappa shape index (κ3) is 4.98. The molecule has 0 aromatic heterocycles. The number of carbonyl (C=O) groups is 2. The van der Waals surface area contributed by atoms with Crippen LogP contribution in [-0.4, -0.2) is 36.5 Å². The van der Waals surface area contributed by atoms with Crippen molar-refractivity contribution < 1.29 is 9.59 Å². The fourth-order valence-corrected chi connectivity index (χ4v) is 2.84. The smallest absolute Gasteiger partial charge is 0.315 e. The second-order valence-corrected chi connectivity index (χ2v) is 7.51. The molecule has 1 aromatic carbocycles. The molecule has 0 unspecified atom stereocenters. The van der Waals surface area contributed by atoms with Crippen LogP contribution in [0.3, 0.4) is 0 Å². The van der Waals surface area contributed by atoms with Crippen LogP contribution in [0.4, 0.5) is 4.79 Å². The molecule has 1 heterocycles. The van der Waals surface area contributed by atoms with E-state index in [1.165, 1.54) is 5.56 Å². The average molecular weight is 331 g/mol. The predicted octanol–water partition coefficient (Wildman–Crippen LogP) is 2.97. The van der Waals surface area contributed by atoms with Crippen LogP contribution in [0, 0.1) is 0 Å². The number of urea groups is 1. The molecule has 0 aliphatic carbocycles. The highest BCUT2D eigenvalue weighted by molar-refractivity contribution is 5.84. The highest BCUT2D eigenvalue weighted by atomic mass is 16.2. The minimum absolute atomic E-state index is 0.00941. The Morgan fingerprint density at radius 3 is 2.25 bits per heavy atom. The molecule has 0 bridgehead atoms. The van der Waals surface area contributed by atoms with Crippen LogP contribution in [-0.2, 0) is 10.2 Å². The minimum Gasteiger partial charge on any atom is -0.341 e. The fraction of sp³-hybridized carbons (Fsp3) is 0.579. The van der Waals surface area contributed by atoms with Crippen molar-refractivity contribution in [3.8, 4) is 0 Å². The molecule has 3 amide bonds. The monoisotopic (exact) mass is 331 g/mol. The van der Waals surface area contributed by atoms with E-state index in [2.05, 4.69) is 43.5 Å². The molecular formula is C19H29N3O2. The van der Waals surface area contributed by atoms with Gasteiger partial charge in [0.25, 0.3) is 0 Å². The van der Waals surface area contributed by atoms with Gasteiger partial charge in [-0.25, -0.2) is 4.79 Å². The van der Waals surface area contributed by atoms with Gasteiger partial charge in [0.1, 0.15) is 0 Å². The number of hydrogen-bond donors (Lipinski definition) is 2. The van der Waals surface area contributed by atoms with Gasteiger partial charge in [0, 0.05) is 13.1 Å². The van der Waals surface area contributed by atoms with E-state index in [0.29, 0.717) is 0 Å². The molecule has 1 aromatic rings. The molecule has 24 heavy (non-hydrogen) atoms. The van der Waals surface area contributed by atoms with Gasteiger partial charge < -0.3 is 15.5 Å². The summed E-state index contributed by atoms with van der Waals surface area (Å²) in [5.41, 5.74) is 2.42. The van der Waals surface area contributed by atoms with Gasteiger partial charge in [-0.2, -0.15) is 0 Å². The first kappa shape index (κ1) is 18.3. The van der Waals surface area contributed by atoms with Crippen LogP contribution in [0.2, 0.25) is 0 Å². The van der Waals surface area contributed by atoms with Gasteiger partial charge in [0.15, 0.2) is 0 Å². The lowest BCUT2D eigenvalue weighted by Gasteiger charge is -2.21. The second kappa shape index (κ2) is 7.69. The van der Waals surface area contributed by atoms with Crippen molar-refractivity contribution in [3.63, 3.8) is 0 Å². The maximum absolute atomic E-state index is 12.0. The Balaban J connectivity index is 1.81. The molecule has 5 heteroatoms. The van der Waals surface area contributed by atoms with Crippen LogP contribution in [0.15, 0.2) is 24.3 Å². The molecule has 2 N–H and O–H groups in total. The lowest BCUT2D eigenvalue weighted by Crippen LogP contribution is -2.43. The number of amides is 3. The Hall–Kier alpha value is -2.04. The van der Waals surface area contributed by atoms with E-state index >= 15 is 0 Å². The number of nitrogens with zero attached hydrogens (tertiary/aromatic N) is 1. The van der Waals surface area contributed by atoms with Gasteiger partial charge in [-0.05, 0) is 36.3 Å². The lowest BCUT2D eigenvalue weighted by atomic mass is 9.86. The zero-order valence-electron chi connectivity index (χ0n) is 15.2. The molecule has 0 saturated carbocycles. The second-order valence-electron chi connectivity index (χ2n) is 7.51. The Kier molecular flexibility index (Phi) is 5.86. The van der Waals surface area contributed by atoms with Gasteiger partial charge in [-0.1, -0.05) is 45.0 Å². The number of benzene rings is 1. The molecule has 5 nitrogen and oxygen atoms in total. The van der Waals surface area contributed by atoms with E-state index in [1.54, 1.807) is 4.90 Å². The molecule has 1 aliphatic rings. The van der Waals surface area contributed by atoms with Crippen LogP contribution in [0.25, 0.3) is 0 Å². The maximum Gasteiger partial charge on any atom is 0.315 e. The van der Waals surface area contributed by atoms with Crippen molar-refractivity contribution >= 4 is 11.9 Å². The van der Waals surface area contributed by atoms with Gasteiger partial charge >= 0.3 is 6.03 Å². The number of carbonyl (C=O) groups excluding carboxylic acids is 2. The van der Waals surface area contributed by atoms with Crippen LogP contribution < -0.4 is 10.6 Å². The third-order valence-electron chi connectivity index (χ3n) is 4.48. The summed E-state index contributed by atoms with van der Waals surface area (Å²) in [6, 6.07) is 7.86. The number of hydrogen-bond acceptors (Lipinski definition) is 2. The van der Waals surface area contributed by atoms with Gasteiger partial charge in [0.05, 0.1) is 12.6 Å². The summed E-state index contributed by atoms with van der Waals surface area (Å²) in [6.07, 6.45) is 2.11. The quantitative estimate of drug-likeness (QED) is 0.891. The van der Waals surface area contributed by atoms with Gasteiger partial charge in [0.2, 0.25) is 5.91 Å². The summed E-state index contributed by atoms with van der Waals surface area (Å²) in [4.78, 5) is 25.7. The van der Waals surface area contributed by atoms with Crippen molar-refractivity contribution in [2.24, 2.45) is 0 Å². The topological polar surface area (TPSA) is 61.4 Å². The van der Waals surface area contributed by atoms with Gasteiger partial charge in [-0.3, -0.25) is 4.79 Å². The van der Waals surface area contributed by atoms with E-state index in [0.717, 1.165) is 31.5 Å². The van der Waals surface area contributed by atoms with E-state index in [9.17, 15) is 9.59 Å². The molecule has 1 aliphatic heterocycles. The van der Waals surface area contributed by atoms with Crippen molar-refractivity contribution in [3.05, 3.63) is 35.4 Å². The zero-order chi connectivity index (χ0) is 17.7. The number of likely N-dealkylation sites (tertiary alicyclic amines) is 1. The zero-order valence-corrected chi connectivity index (χ0v) is 15.2. The summed E-state index contributed by atoms with van der Waals surface area (Å²) in [5.74, 6) is -0.00941. The molecule has 132 valence electrons. The van der Waals surface area contributed by atoms with E-state index in [1.807, 2.05) is 19.1 Å². The van der Waals surface area contributed by atoms with Crippen molar-refractivity contribution in [1.29, 1.82) is 0 Å². The highest BCUT2D eigenvalue weighted by Crippen LogP contribution is 2.23. The number of rotatable bonds is 4. The number of nitrogens with one attached hydrogen (secondary N) is 2. The standard InChI is InChI=1S/C19H29N3O2/c1-14(15-7-9-16(10-8-15)19(2,3)4)21-18(24)20-13-17(23)22-11-5-6-12-22/h7-10,14H,5-6,11-13H2,1-4H3,(H2,20,21,24)/t14-/m1/s1. The van der Waals surface area contributed by atoms with E-state index in [-0.39, 0.29) is 29.9 Å². The van der Waals surface area contributed by atoms with Crippen LogP contribution >= 0.6 is 0 Å². The molecule has 1 saturated heterocycles.